The predicted molar refractivity (Wildman–Crippen MR) is 107 cm³/mol. The molecule has 0 fully saturated rings. The van der Waals surface area contributed by atoms with Crippen LogP contribution in [0.4, 0.5) is 0 Å². The number of aliphatic hydroxyl groups is 1. The summed E-state index contributed by atoms with van der Waals surface area (Å²) in [6.07, 6.45) is 28.8. The van der Waals surface area contributed by atoms with Crippen molar-refractivity contribution in [3.8, 4) is 0 Å². The fourth-order valence-electron chi connectivity index (χ4n) is 2.09. The van der Waals surface area contributed by atoms with E-state index in [0.717, 1.165) is 12.5 Å². The highest BCUT2D eigenvalue weighted by atomic mass is 16.4. The predicted octanol–water partition coefficient (Wildman–Crippen LogP) is 6.43. The molecule has 0 unspecified atom stereocenters. The first-order valence-electron chi connectivity index (χ1n) is 9.13. The molecule has 0 saturated carbocycles. The Morgan fingerprint density at radius 2 is 1.32 bits per heavy atom. The second-order valence-corrected chi connectivity index (χ2v) is 5.76. The average molecular weight is 344 g/mol. The smallest absolute Gasteiger partial charge is 0.328 e. The van der Waals surface area contributed by atoms with E-state index in [1.807, 2.05) is 18.2 Å². The molecule has 0 amide bonds. The van der Waals surface area contributed by atoms with Crippen molar-refractivity contribution in [3.63, 3.8) is 0 Å². The van der Waals surface area contributed by atoms with Gasteiger partial charge in [0, 0.05) is 6.08 Å². The van der Waals surface area contributed by atoms with Gasteiger partial charge in [-0.1, -0.05) is 94.1 Å². The fraction of sp³-hybridized carbons (Fsp3) is 0.409. The molecule has 0 saturated heterocycles. The van der Waals surface area contributed by atoms with Crippen molar-refractivity contribution in [1.29, 1.82) is 0 Å². The zero-order chi connectivity index (χ0) is 18.6. The summed E-state index contributed by atoms with van der Waals surface area (Å²) in [5.41, 5.74) is 0. The molecule has 3 nitrogen and oxygen atoms in total. The minimum absolute atomic E-state index is 0.108. The van der Waals surface area contributed by atoms with Gasteiger partial charge in [0.05, 0.1) is 0 Å². The molecule has 0 aromatic rings. The first-order valence-corrected chi connectivity index (χ1v) is 9.13. The van der Waals surface area contributed by atoms with Gasteiger partial charge in [-0.05, 0) is 25.0 Å². The highest BCUT2D eigenvalue weighted by Crippen LogP contribution is 2.08. The van der Waals surface area contributed by atoms with E-state index in [2.05, 4.69) is 13.0 Å². The van der Waals surface area contributed by atoms with Gasteiger partial charge in [0.2, 0.25) is 0 Å². The van der Waals surface area contributed by atoms with Gasteiger partial charge < -0.3 is 10.2 Å². The average Bonchev–Trinajstić information content (AvgIpc) is 2.58. The maximum atomic E-state index is 10.2. The number of aliphatic carboxylic acids is 1. The lowest BCUT2D eigenvalue weighted by Crippen LogP contribution is -1.84. The second kappa shape index (κ2) is 18.1. The van der Waals surface area contributed by atoms with Crippen molar-refractivity contribution >= 4 is 5.97 Å². The highest BCUT2D eigenvalue weighted by Gasteiger charge is 1.88. The number of carbonyl (C=O) groups is 1. The van der Waals surface area contributed by atoms with Crippen LogP contribution in [-0.2, 0) is 4.79 Å². The van der Waals surface area contributed by atoms with Crippen molar-refractivity contribution in [3.05, 3.63) is 72.6 Å². The van der Waals surface area contributed by atoms with E-state index in [4.69, 9.17) is 5.11 Å². The van der Waals surface area contributed by atoms with Crippen LogP contribution in [0.2, 0.25) is 0 Å². The third-order valence-corrected chi connectivity index (χ3v) is 3.44. The second-order valence-electron chi connectivity index (χ2n) is 5.76. The number of allylic oxidation sites excluding steroid dienone is 10. The van der Waals surface area contributed by atoms with Crippen molar-refractivity contribution < 1.29 is 15.0 Å². The molecule has 0 bridgehead atoms. The number of aliphatic hydroxyl groups excluding tert-OH is 1. The Morgan fingerprint density at radius 3 is 2.04 bits per heavy atom. The third kappa shape index (κ3) is 19.7. The van der Waals surface area contributed by atoms with E-state index >= 15 is 0 Å². The Hall–Kier alpha value is -2.29. The van der Waals surface area contributed by atoms with Gasteiger partial charge in [0.15, 0.2) is 0 Å². The fourth-order valence-corrected chi connectivity index (χ4v) is 2.09. The van der Waals surface area contributed by atoms with Crippen LogP contribution >= 0.6 is 0 Å². The molecule has 0 aliphatic rings. The number of hydrogen-bond donors (Lipinski definition) is 2. The Morgan fingerprint density at radius 1 is 0.720 bits per heavy atom. The summed E-state index contributed by atoms with van der Waals surface area (Å²) in [6.45, 7) is 2.24. The monoisotopic (exact) mass is 344 g/mol. The number of hydrogen-bond acceptors (Lipinski definition) is 2. The van der Waals surface area contributed by atoms with E-state index in [1.165, 1.54) is 57.1 Å². The lowest BCUT2D eigenvalue weighted by Gasteiger charge is -1.98. The molecular formula is C22H32O3. The quantitative estimate of drug-likeness (QED) is 0.165. The van der Waals surface area contributed by atoms with Gasteiger partial charge in [-0.3, -0.25) is 0 Å². The normalized spacial score (nSPS) is 13.4. The van der Waals surface area contributed by atoms with Crippen molar-refractivity contribution in [1.82, 2.24) is 0 Å². The van der Waals surface area contributed by atoms with E-state index in [0.29, 0.717) is 0 Å². The molecule has 0 radical (unpaired) electrons. The molecule has 0 aliphatic heterocycles. The minimum atomic E-state index is -0.997. The zero-order valence-electron chi connectivity index (χ0n) is 15.3. The topological polar surface area (TPSA) is 57.5 Å². The molecule has 0 aromatic heterocycles. The maximum Gasteiger partial charge on any atom is 0.328 e. The summed E-state index contributed by atoms with van der Waals surface area (Å²) in [5.74, 6) is -0.889. The lowest BCUT2D eigenvalue weighted by atomic mass is 10.1. The van der Waals surface area contributed by atoms with Crippen molar-refractivity contribution in [2.75, 3.05) is 0 Å². The first-order chi connectivity index (χ1) is 12.2. The standard InChI is InChI=1S/C22H32O3/c1-2-3-4-5-6-7-8-9-10-11-12-13-15-18-21(23)19-16-14-17-20-22(24)25/h10-20,23H,2-9H2,1H3,(H,24,25)/b11-10+,13-12+,16-14+,18-15+,20-17+,21-19+. The molecule has 2 N–H and O–H groups in total. The molecule has 0 heterocycles. The summed E-state index contributed by atoms with van der Waals surface area (Å²) in [5, 5.41) is 18.0. The third-order valence-electron chi connectivity index (χ3n) is 3.44. The summed E-state index contributed by atoms with van der Waals surface area (Å²) in [7, 11) is 0. The van der Waals surface area contributed by atoms with Crippen LogP contribution in [0, 0.1) is 0 Å². The Balaban J connectivity index is 3.77. The van der Waals surface area contributed by atoms with Crippen molar-refractivity contribution in [2.24, 2.45) is 0 Å². The van der Waals surface area contributed by atoms with Gasteiger partial charge in [-0.15, -0.1) is 0 Å². The van der Waals surface area contributed by atoms with E-state index in [1.54, 1.807) is 24.3 Å². The molecule has 0 rings (SSSR count). The van der Waals surface area contributed by atoms with Crippen LogP contribution in [-0.4, -0.2) is 16.2 Å². The molecule has 3 heteroatoms. The largest absolute Gasteiger partial charge is 0.508 e. The summed E-state index contributed by atoms with van der Waals surface area (Å²) in [6, 6.07) is 0. The van der Waals surface area contributed by atoms with Gasteiger partial charge in [-0.25, -0.2) is 4.79 Å². The van der Waals surface area contributed by atoms with Gasteiger partial charge in [-0.2, -0.15) is 0 Å². The Labute approximate surface area is 152 Å². The van der Waals surface area contributed by atoms with E-state index < -0.39 is 5.97 Å². The van der Waals surface area contributed by atoms with Gasteiger partial charge in [0.1, 0.15) is 5.76 Å². The Kier molecular flexibility index (Phi) is 16.4. The summed E-state index contributed by atoms with van der Waals surface area (Å²) in [4.78, 5) is 10.2. The SMILES string of the molecule is CCCCCCCCC/C=C/C=C/C=C/C(O)=C\C=C\C=C\C(=O)O. The molecule has 25 heavy (non-hydrogen) atoms. The maximum absolute atomic E-state index is 10.2. The van der Waals surface area contributed by atoms with E-state index in [-0.39, 0.29) is 5.76 Å². The first kappa shape index (κ1) is 22.7. The van der Waals surface area contributed by atoms with Crippen LogP contribution in [0.25, 0.3) is 0 Å². The van der Waals surface area contributed by atoms with Crippen LogP contribution in [0.3, 0.4) is 0 Å². The number of unbranched alkanes of at least 4 members (excludes halogenated alkanes) is 7. The Bertz CT molecular complexity index is 505. The van der Waals surface area contributed by atoms with Crippen LogP contribution in [0.15, 0.2) is 72.6 Å². The van der Waals surface area contributed by atoms with Crippen molar-refractivity contribution in [2.45, 2.75) is 58.3 Å². The highest BCUT2D eigenvalue weighted by molar-refractivity contribution is 5.80. The van der Waals surface area contributed by atoms with Crippen LogP contribution < -0.4 is 0 Å². The molecule has 0 aromatic carbocycles. The van der Waals surface area contributed by atoms with Crippen LogP contribution in [0.5, 0.6) is 0 Å². The van der Waals surface area contributed by atoms with E-state index in [9.17, 15) is 9.90 Å². The number of rotatable bonds is 14. The zero-order valence-corrected chi connectivity index (χ0v) is 15.3. The minimum Gasteiger partial charge on any atom is -0.508 e. The summed E-state index contributed by atoms with van der Waals surface area (Å²) < 4.78 is 0. The lowest BCUT2D eigenvalue weighted by molar-refractivity contribution is -0.131. The number of carboxylic acid groups (broad SMARTS) is 1. The van der Waals surface area contributed by atoms with Gasteiger partial charge in [0.25, 0.3) is 0 Å². The molecule has 138 valence electrons. The molecule has 0 aliphatic carbocycles. The van der Waals surface area contributed by atoms with Gasteiger partial charge >= 0.3 is 5.97 Å². The summed E-state index contributed by atoms with van der Waals surface area (Å²) >= 11 is 0. The van der Waals surface area contributed by atoms with Crippen LogP contribution in [0.1, 0.15) is 58.3 Å². The molecular weight excluding hydrogens is 312 g/mol. The number of carboxylic acids is 1. The molecule has 0 spiro atoms. The molecule has 0 atom stereocenters.